The van der Waals surface area contributed by atoms with Gasteiger partial charge in [0.05, 0.1) is 5.57 Å². The van der Waals surface area contributed by atoms with E-state index >= 15 is 0 Å². The Kier molecular flexibility index (Phi) is 5.29. The van der Waals surface area contributed by atoms with Crippen LogP contribution in [0.25, 0.3) is 0 Å². The molecule has 5 nitrogen and oxygen atoms in total. The van der Waals surface area contributed by atoms with Crippen molar-refractivity contribution in [1.82, 2.24) is 4.90 Å². The molecular formula is C18H25NO4. The lowest BCUT2D eigenvalue weighted by molar-refractivity contribution is -0.132. The number of ether oxygens (including phenoxy) is 1. The molecule has 5 heteroatoms. The molecule has 0 saturated carbocycles. The highest BCUT2D eigenvalue weighted by Gasteiger charge is 2.27. The van der Waals surface area contributed by atoms with Crippen LogP contribution < -0.4 is 0 Å². The number of carbonyl (C=O) groups excluding carboxylic acids is 1. The minimum absolute atomic E-state index is 0.329. The maximum absolute atomic E-state index is 12.1. The van der Waals surface area contributed by atoms with Crippen LogP contribution in [0.3, 0.4) is 0 Å². The molecule has 0 radical (unpaired) electrons. The van der Waals surface area contributed by atoms with Gasteiger partial charge in [0.15, 0.2) is 0 Å². The molecule has 2 rings (SSSR count). The van der Waals surface area contributed by atoms with Crippen LogP contribution in [-0.2, 0) is 9.53 Å². The second kappa shape index (κ2) is 7.02. The van der Waals surface area contributed by atoms with E-state index in [1.807, 2.05) is 39.0 Å². The monoisotopic (exact) mass is 319 g/mol. The minimum Gasteiger partial charge on any atom is -0.478 e. The summed E-state index contributed by atoms with van der Waals surface area (Å²) in [6.45, 7) is 6.51. The van der Waals surface area contributed by atoms with Crippen molar-refractivity contribution in [2.75, 3.05) is 13.1 Å². The van der Waals surface area contributed by atoms with Crippen LogP contribution in [0.4, 0.5) is 4.79 Å². The number of amides is 1. The summed E-state index contributed by atoms with van der Waals surface area (Å²) < 4.78 is 5.37. The first-order valence-electron chi connectivity index (χ1n) is 8.08. The summed E-state index contributed by atoms with van der Waals surface area (Å²) >= 11 is 0. The molecule has 126 valence electrons. The first-order valence-corrected chi connectivity index (χ1v) is 8.08. The van der Waals surface area contributed by atoms with Crippen LogP contribution in [0, 0.1) is 0 Å². The van der Waals surface area contributed by atoms with Crippen LogP contribution in [-0.4, -0.2) is 40.8 Å². The zero-order valence-electron chi connectivity index (χ0n) is 14.1. The second-order valence-electron chi connectivity index (χ2n) is 6.89. The van der Waals surface area contributed by atoms with Crippen molar-refractivity contribution in [2.24, 2.45) is 0 Å². The van der Waals surface area contributed by atoms with Gasteiger partial charge in [-0.2, -0.15) is 0 Å². The average molecular weight is 319 g/mol. The minimum atomic E-state index is -0.886. The fourth-order valence-electron chi connectivity index (χ4n) is 2.81. The molecular weight excluding hydrogens is 294 g/mol. The third-order valence-corrected chi connectivity index (χ3v) is 3.87. The topological polar surface area (TPSA) is 66.8 Å². The summed E-state index contributed by atoms with van der Waals surface area (Å²) in [4.78, 5) is 25.4. The fraction of sp³-hybridized carbons (Fsp3) is 0.556. The number of likely N-dealkylation sites (tertiary alicyclic amines) is 1. The first-order chi connectivity index (χ1) is 10.8. The lowest BCUT2D eigenvalue weighted by atomic mass is 9.90. The molecule has 0 aromatic rings. The number of aliphatic carboxylic acids is 1. The van der Waals surface area contributed by atoms with Gasteiger partial charge in [0.2, 0.25) is 0 Å². The highest BCUT2D eigenvalue weighted by atomic mass is 16.6. The van der Waals surface area contributed by atoms with E-state index in [1.165, 1.54) is 0 Å². The van der Waals surface area contributed by atoms with Crippen molar-refractivity contribution in [3.63, 3.8) is 0 Å². The van der Waals surface area contributed by atoms with E-state index in [1.54, 1.807) is 4.90 Å². The summed E-state index contributed by atoms with van der Waals surface area (Å²) in [6, 6.07) is 0. The van der Waals surface area contributed by atoms with Gasteiger partial charge in [-0.3, -0.25) is 0 Å². The van der Waals surface area contributed by atoms with E-state index in [-0.39, 0.29) is 6.09 Å². The number of carboxylic acids is 1. The molecule has 0 atom stereocenters. The largest absolute Gasteiger partial charge is 0.478 e. The maximum Gasteiger partial charge on any atom is 0.410 e. The number of carbonyl (C=O) groups is 2. The van der Waals surface area contributed by atoms with Crippen LogP contribution in [0.2, 0.25) is 0 Å². The van der Waals surface area contributed by atoms with Crippen molar-refractivity contribution in [1.29, 1.82) is 0 Å². The molecule has 23 heavy (non-hydrogen) atoms. The number of nitrogens with zero attached hydrogens (tertiary/aromatic N) is 1. The summed E-state index contributed by atoms with van der Waals surface area (Å²) in [5.41, 5.74) is 1.60. The predicted molar refractivity (Wildman–Crippen MR) is 88.2 cm³/mol. The quantitative estimate of drug-likeness (QED) is 0.789. The Morgan fingerprint density at radius 1 is 1.17 bits per heavy atom. The number of piperidine rings is 1. The van der Waals surface area contributed by atoms with Crippen LogP contribution in [0.1, 0.15) is 46.5 Å². The van der Waals surface area contributed by atoms with Crippen LogP contribution in [0.15, 0.2) is 34.9 Å². The summed E-state index contributed by atoms with van der Waals surface area (Å²) in [5, 5.41) is 9.57. The van der Waals surface area contributed by atoms with Gasteiger partial charge in [-0.15, -0.1) is 0 Å². The van der Waals surface area contributed by atoms with Crippen molar-refractivity contribution in [2.45, 2.75) is 52.1 Å². The van der Waals surface area contributed by atoms with E-state index in [2.05, 4.69) is 0 Å². The molecule has 0 spiro atoms. The fourth-order valence-corrected chi connectivity index (χ4v) is 2.81. The van der Waals surface area contributed by atoms with Gasteiger partial charge >= 0.3 is 12.1 Å². The molecule has 1 amide bonds. The Morgan fingerprint density at radius 3 is 2.30 bits per heavy atom. The molecule has 0 unspecified atom stereocenters. The molecule has 1 N–H and O–H groups in total. The number of allylic oxidation sites excluding steroid dienone is 3. The standard InChI is InChI=1S/C18H25NO4/c1-18(2,3)23-17(22)19-11-9-14(10-12-19)15(16(20)21)13-7-5-4-6-8-13/h5,7-8H,4,6,9-12H2,1-3H3,(H,20,21). The number of rotatable bonds is 2. The van der Waals surface area contributed by atoms with Crippen molar-refractivity contribution in [3.8, 4) is 0 Å². The smallest absolute Gasteiger partial charge is 0.410 e. The zero-order valence-corrected chi connectivity index (χ0v) is 14.1. The van der Waals surface area contributed by atoms with Crippen LogP contribution >= 0.6 is 0 Å². The lowest BCUT2D eigenvalue weighted by Crippen LogP contribution is -2.40. The summed E-state index contributed by atoms with van der Waals surface area (Å²) in [7, 11) is 0. The summed E-state index contributed by atoms with van der Waals surface area (Å²) in [6.07, 6.45) is 8.53. The van der Waals surface area contributed by atoms with E-state index in [9.17, 15) is 14.7 Å². The molecule has 1 heterocycles. The SMILES string of the molecule is CC(C)(C)OC(=O)N1CCC(=C(C(=O)O)C2=CCCC=C2)CC1. The highest BCUT2D eigenvalue weighted by Crippen LogP contribution is 2.28. The van der Waals surface area contributed by atoms with Gasteiger partial charge < -0.3 is 14.7 Å². The van der Waals surface area contributed by atoms with Crippen molar-refractivity contribution < 1.29 is 19.4 Å². The number of hydrogen-bond acceptors (Lipinski definition) is 3. The Morgan fingerprint density at radius 2 is 1.83 bits per heavy atom. The van der Waals surface area contributed by atoms with E-state index in [0.717, 1.165) is 24.0 Å². The average Bonchev–Trinajstić information content (AvgIpc) is 2.47. The Labute approximate surface area is 137 Å². The number of carboxylic acid groups (broad SMARTS) is 1. The predicted octanol–water partition coefficient (Wildman–Crippen LogP) is 3.67. The third-order valence-electron chi connectivity index (χ3n) is 3.87. The maximum atomic E-state index is 12.1. The van der Waals surface area contributed by atoms with Gasteiger partial charge in [0.1, 0.15) is 5.60 Å². The van der Waals surface area contributed by atoms with Gasteiger partial charge in [-0.25, -0.2) is 9.59 Å². The summed E-state index contributed by atoms with van der Waals surface area (Å²) in [5.74, 6) is -0.886. The highest BCUT2D eigenvalue weighted by molar-refractivity contribution is 5.94. The van der Waals surface area contributed by atoms with Crippen molar-refractivity contribution >= 4 is 12.1 Å². The normalized spacial score (nSPS) is 18.5. The molecule has 0 aromatic heterocycles. The molecule has 0 bridgehead atoms. The lowest BCUT2D eigenvalue weighted by Gasteiger charge is -2.31. The molecule has 1 aliphatic heterocycles. The van der Waals surface area contributed by atoms with Crippen LogP contribution in [0.5, 0.6) is 0 Å². The third kappa shape index (κ3) is 4.71. The Hall–Kier alpha value is -2.04. The van der Waals surface area contributed by atoms with E-state index < -0.39 is 11.6 Å². The van der Waals surface area contributed by atoms with Gasteiger partial charge in [-0.1, -0.05) is 23.8 Å². The van der Waals surface area contributed by atoms with E-state index in [0.29, 0.717) is 31.5 Å². The first kappa shape index (κ1) is 17.3. The zero-order chi connectivity index (χ0) is 17.0. The second-order valence-corrected chi connectivity index (χ2v) is 6.89. The molecule has 2 aliphatic rings. The molecule has 1 saturated heterocycles. The Balaban J connectivity index is 2.09. The van der Waals surface area contributed by atoms with Gasteiger partial charge in [0, 0.05) is 13.1 Å². The molecule has 1 fully saturated rings. The van der Waals surface area contributed by atoms with Crippen molar-refractivity contribution in [3.05, 3.63) is 34.9 Å². The van der Waals surface area contributed by atoms with E-state index in [4.69, 9.17) is 4.74 Å². The molecule has 1 aliphatic carbocycles. The van der Waals surface area contributed by atoms with Gasteiger partial charge in [-0.05, 0) is 52.0 Å². The van der Waals surface area contributed by atoms with Gasteiger partial charge in [0.25, 0.3) is 0 Å². The number of hydrogen-bond donors (Lipinski definition) is 1. The Bertz CT molecular complexity index is 568. The molecule has 0 aromatic carbocycles.